The summed E-state index contributed by atoms with van der Waals surface area (Å²) >= 11 is 0. The molecule has 6 atom stereocenters. The van der Waals surface area contributed by atoms with Crippen molar-refractivity contribution in [3.8, 4) is 0 Å². The number of carbonyl (C=O) groups is 3. The summed E-state index contributed by atoms with van der Waals surface area (Å²) in [6.07, 6.45) is 5.91. The molecular formula is C36H53BN4O5. The standard InChI is InChI=1S/C36H53BN4O5/c1-9-10-11-24-12-14-25(15-13-24)29(42)18-26(21-38-34(44)28-17-23(4)40-41(28)8)33(43)39-32(16-22(2)3)37-45-31-20-27-19-30(35(27,5)6)36(31,7)46-37/h12-15,17,22,26-27,30-32H,9-11,16,18-21H2,1-8H3,(H,38,44)(H,39,43)/t26-,27-,30-,31+,32-,36-/m0/s1. The quantitative estimate of drug-likeness (QED) is 0.211. The topological polar surface area (TPSA) is 112 Å². The third-order valence-electron chi connectivity index (χ3n) is 11.0. The van der Waals surface area contributed by atoms with Crippen LogP contribution < -0.4 is 10.6 Å². The molecule has 4 aliphatic rings. The number of Topliss-reactive ketones (excluding diaryl/α,β-unsaturated/α-hetero) is 1. The van der Waals surface area contributed by atoms with Crippen LogP contribution in [-0.2, 0) is 27.6 Å². The first kappa shape index (κ1) is 34.4. The minimum atomic E-state index is -0.786. The largest absolute Gasteiger partial charge is 0.481 e. The van der Waals surface area contributed by atoms with E-state index >= 15 is 0 Å². The summed E-state index contributed by atoms with van der Waals surface area (Å²) in [4.78, 5) is 40.7. The predicted molar refractivity (Wildman–Crippen MR) is 179 cm³/mol. The lowest BCUT2D eigenvalue weighted by Gasteiger charge is -2.64. The van der Waals surface area contributed by atoms with Crippen molar-refractivity contribution < 1.29 is 23.7 Å². The van der Waals surface area contributed by atoms with Crippen LogP contribution in [0.15, 0.2) is 30.3 Å². The highest BCUT2D eigenvalue weighted by molar-refractivity contribution is 6.47. The number of ketones is 1. The van der Waals surface area contributed by atoms with Gasteiger partial charge in [0, 0.05) is 25.6 Å². The summed E-state index contributed by atoms with van der Waals surface area (Å²) in [5.41, 5.74) is 2.69. The van der Waals surface area contributed by atoms with Crippen LogP contribution in [0.4, 0.5) is 0 Å². The molecule has 0 radical (unpaired) electrons. The summed E-state index contributed by atoms with van der Waals surface area (Å²) in [6, 6.07) is 9.37. The Hall–Kier alpha value is -2.98. The number of hydrogen-bond donors (Lipinski definition) is 2. The van der Waals surface area contributed by atoms with Gasteiger partial charge in [0.2, 0.25) is 5.91 Å². The van der Waals surface area contributed by atoms with Crippen molar-refractivity contribution in [1.82, 2.24) is 20.4 Å². The highest BCUT2D eigenvalue weighted by atomic mass is 16.7. The number of unbranched alkanes of at least 4 members (excludes halogenated alkanes) is 1. The van der Waals surface area contributed by atoms with Crippen molar-refractivity contribution in [2.24, 2.45) is 36.1 Å². The molecule has 4 fully saturated rings. The van der Waals surface area contributed by atoms with E-state index in [4.69, 9.17) is 9.31 Å². The number of aryl methyl sites for hydroxylation is 3. The number of nitrogens with one attached hydrogen (secondary N) is 2. The van der Waals surface area contributed by atoms with Crippen LogP contribution >= 0.6 is 0 Å². The van der Waals surface area contributed by atoms with E-state index in [0.717, 1.165) is 37.8 Å². The summed E-state index contributed by atoms with van der Waals surface area (Å²) < 4.78 is 14.9. The van der Waals surface area contributed by atoms with Gasteiger partial charge in [0.05, 0.1) is 29.3 Å². The molecule has 1 aromatic heterocycles. The fourth-order valence-electron chi connectivity index (χ4n) is 8.08. The molecule has 250 valence electrons. The molecule has 0 unspecified atom stereocenters. The molecule has 2 bridgehead atoms. The molecule has 9 nitrogen and oxygen atoms in total. The molecule has 0 spiro atoms. The molecule has 2 amide bonds. The lowest BCUT2D eigenvalue weighted by atomic mass is 9.43. The Bertz CT molecular complexity index is 1420. The van der Waals surface area contributed by atoms with Crippen molar-refractivity contribution in [2.45, 2.75) is 111 Å². The lowest BCUT2D eigenvalue weighted by molar-refractivity contribution is -0.199. The molecule has 6 rings (SSSR count). The number of aromatic nitrogens is 2. The number of nitrogens with zero attached hydrogens (tertiary/aromatic N) is 2. The smallest absolute Gasteiger partial charge is 0.404 e. The first-order chi connectivity index (χ1) is 21.7. The maximum Gasteiger partial charge on any atom is 0.481 e. The van der Waals surface area contributed by atoms with Crippen molar-refractivity contribution in [3.05, 3.63) is 52.8 Å². The summed E-state index contributed by atoms with van der Waals surface area (Å²) in [6.45, 7) is 15.1. The van der Waals surface area contributed by atoms with Crippen LogP contribution in [0.1, 0.15) is 112 Å². The zero-order valence-corrected chi connectivity index (χ0v) is 29.0. The Morgan fingerprint density at radius 2 is 1.85 bits per heavy atom. The van der Waals surface area contributed by atoms with E-state index in [0.29, 0.717) is 29.5 Å². The number of hydrogen-bond acceptors (Lipinski definition) is 6. The van der Waals surface area contributed by atoms with Gasteiger partial charge in [-0.2, -0.15) is 5.10 Å². The molecule has 3 saturated carbocycles. The van der Waals surface area contributed by atoms with Crippen molar-refractivity contribution in [3.63, 3.8) is 0 Å². The molecule has 1 saturated heterocycles. The number of rotatable bonds is 14. The lowest BCUT2D eigenvalue weighted by Crippen LogP contribution is -2.65. The average molecular weight is 633 g/mol. The van der Waals surface area contributed by atoms with E-state index in [-0.39, 0.29) is 53.9 Å². The average Bonchev–Trinajstić information content (AvgIpc) is 3.54. The Morgan fingerprint density at radius 3 is 2.46 bits per heavy atom. The maximum absolute atomic E-state index is 14.1. The molecular weight excluding hydrogens is 579 g/mol. The van der Waals surface area contributed by atoms with E-state index in [9.17, 15) is 14.4 Å². The summed E-state index contributed by atoms with van der Waals surface area (Å²) in [5, 5.41) is 10.4. The Morgan fingerprint density at radius 1 is 1.13 bits per heavy atom. The van der Waals surface area contributed by atoms with E-state index in [1.54, 1.807) is 13.1 Å². The van der Waals surface area contributed by atoms with Gasteiger partial charge in [0.15, 0.2) is 5.78 Å². The summed E-state index contributed by atoms with van der Waals surface area (Å²) in [7, 11) is 1.14. The van der Waals surface area contributed by atoms with Gasteiger partial charge < -0.3 is 19.9 Å². The minimum Gasteiger partial charge on any atom is -0.404 e. The normalized spacial score (nSPS) is 25.8. The molecule has 10 heteroatoms. The van der Waals surface area contributed by atoms with Gasteiger partial charge in [-0.1, -0.05) is 65.3 Å². The SMILES string of the molecule is CCCCc1ccc(C(=O)C[C@@H](CNC(=O)c2cc(C)nn2C)C(=O)N[C@@H](CC(C)C)B2O[C@@H]3C[C@@H]4C[C@@H](C4(C)C)[C@]3(C)O2)cc1. The minimum absolute atomic E-state index is 0.000141. The van der Waals surface area contributed by atoms with Crippen LogP contribution in [0.3, 0.4) is 0 Å². The number of amides is 2. The van der Waals surface area contributed by atoms with Gasteiger partial charge in [-0.05, 0) is 80.8 Å². The van der Waals surface area contributed by atoms with E-state index in [1.807, 2.05) is 31.2 Å². The van der Waals surface area contributed by atoms with Gasteiger partial charge in [-0.15, -0.1) is 0 Å². The monoisotopic (exact) mass is 632 g/mol. The number of carbonyl (C=O) groups excluding carboxylic acids is 3. The van der Waals surface area contributed by atoms with Crippen LogP contribution in [0.25, 0.3) is 0 Å². The zero-order chi connectivity index (χ0) is 33.4. The van der Waals surface area contributed by atoms with Crippen molar-refractivity contribution in [2.75, 3.05) is 6.54 Å². The first-order valence-corrected chi connectivity index (χ1v) is 17.3. The predicted octanol–water partition coefficient (Wildman–Crippen LogP) is 5.49. The van der Waals surface area contributed by atoms with Crippen LogP contribution in [0, 0.1) is 36.0 Å². The van der Waals surface area contributed by atoms with Crippen molar-refractivity contribution in [1.29, 1.82) is 0 Å². The Kier molecular flexibility index (Phi) is 10.2. The highest BCUT2D eigenvalue weighted by Crippen LogP contribution is 2.65. The van der Waals surface area contributed by atoms with Crippen LogP contribution in [0.5, 0.6) is 0 Å². The maximum atomic E-state index is 14.1. The molecule has 1 aromatic carbocycles. The second-order valence-electron chi connectivity index (χ2n) is 15.2. The van der Waals surface area contributed by atoms with Crippen LogP contribution in [-0.4, -0.2) is 58.7 Å². The van der Waals surface area contributed by atoms with Gasteiger partial charge in [0.1, 0.15) is 5.69 Å². The molecule has 1 aliphatic heterocycles. The van der Waals surface area contributed by atoms with Gasteiger partial charge in [-0.25, -0.2) is 0 Å². The van der Waals surface area contributed by atoms with Crippen LogP contribution in [0.2, 0.25) is 0 Å². The second-order valence-corrected chi connectivity index (χ2v) is 15.2. The fraction of sp³-hybridized carbons (Fsp3) is 0.667. The first-order valence-electron chi connectivity index (χ1n) is 17.3. The fourth-order valence-corrected chi connectivity index (χ4v) is 8.08. The molecule has 2 aromatic rings. The number of benzene rings is 1. The van der Waals surface area contributed by atoms with E-state index in [1.165, 1.54) is 10.2 Å². The molecule has 2 N–H and O–H groups in total. The van der Waals surface area contributed by atoms with Gasteiger partial charge in [-0.3, -0.25) is 19.1 Å². The third-order valence-corrected chi connectivity index (χ3v) is 11.0. The Labute approximate surface area is 275 Å². The summed E-state index contributed by atoms with van der Waals surface area (Å²) in [5.74, 6) is -0.635. The molecule has 3 aliphatic carbocycles. The van der Waals surface area contributed by atoms with Crippen molar-refractivity contribution >= 4 is 24.7 Å². The van der Waals surface area contributed by atoms with Gasteiger partial charge in [0.25, 0.3) is 5.91 Å². The third kappa shape index (κ3) is 6.98. The zero-order valence-electron chi connectivity index (χ0n) is 29.0. The van der Waals surface area contributed by atoms with E-state index in [2.05, 4.69) is 57.3 Å². The van der Waals surface area contributed by atoms with E-state index < -0.39 is 18.6 Å². The van der Waals surface area contributed by atoms with Gasteiger partial charge >= 0.3 is 7.12 Å². The molecule has 2 heterocycles. The highest BCUT2D eigenvalue weighted by Gasteiger charge is 2.68. The second kappa shape index (κ2) is 13.6. The Balaban J connectivity index is 1.32. The molecule has 46 heavy (non-hydrogen) atoms.